The van der Waals surface area contributed by atoms with Gasteiger partial charge in [0.25, 0.3) is 5.91 Å². The van der Waals surface area contributed by atoms with Crippen molar-refractivity contribution in [3.8, 4) is 11.5 Å². The molecule has 2 atom stereocenters. The Hall–Kier alpha value is -3.31. The number of carbonyl (C=O) groups is 1. The molecule has 1 amide bonds. The van der Waals surface area contributed by atoms with Crippen molar-refractivity contribution in [3.63, 3.8) is 0 Å². The fourth-order valence-electron chi connectivity index (χ4n) is 5.97. The van der Waals surface area contributed by atoms with E-state index in [1.165, 1.54) is 24.0 Å². The zero-order valence-electron chi connectivity index (χ0n) is 22.0. The van der Waals surface area contributed by atoms with E-state index in [-0.39, 0.29) is 23.3 Å². The molecule has 3 aromatic rings. The Morgan fingerprint density at radius 1 is 0.973 bits per heavy atom. The maximum absolute atomic E-state index is 12.9. The highest BCUT2D eigenvalue weighted by Crippen LogP contribution is 2.45. The lowest BCUT2D eigenvalue weighted by molar-refractivity contribution is 0.0930. The predicted octanol–water partition coefficient (Wildman–Crippen LogP) is 6.05. The van der Waals surface area contributed by atoms with E-state index in [1.807, 2.05) is 36.4 Å². The van der Waals surface area contributed by atoms with E-state index in [2.05, 4.69) is 59.6 Å². The third-order valence-corrected chi connectivity index (χ3v) is 7.99. The van der Waals surface area contributed by atoms with Crippen LogP contribution >= 0.6 is 0 Å². The van der Waals surface area contributed by atoms with Crippen LogP contribution in [0.5, 0.6) is 11.5 Å². The molecular formula is C32H38N2O3. The van der Waals surface area contributed by atoms with Crippen LogP contribution < -0.4 is 14.8 Å². The Balaban J connectivity index is 1.40. The number of ether oxygens (including phenoxy) is 2. The summed E-state index contributed by atoms with van der Waals surface area (Å²) in [6.07, 6.45) is 4.92. The first-order chi connectivity index (χ1) is 18.0. The summed E-state index contributed by atoms with van der Waals surface area (Å²) in [5.74, 6) is 1.84. The van der Waals surface area contributed by atoms with E-state index in [0.29, 0.717) is 12.1 Å². The normalized spacial score (nSPS) is 22.2. The zero-order valence-corrected chi connectivity index (χ0v) is 22.0. The topological polar surface area (TPSA) is 50.8 Å². The first-order valence-electron chi connectivity index (χ1n) is 13.5. The fraction of sp³-hybridized carbons (Fsp3) is 0.406. The summed E-state index contributed by atoms with van der Waals surface area (Å²) < 4.78 is 12.1. The SMILES string of the molecule is COc1ccc([C@@H]2CN(Cc3ccccc3)C[C@@]2(C)CNC(=O)c2ccccc2)cc1OC1CCCC1. The average Bonchev–Trinajstić information content (AvgIpc) is 3.56. The standard InChI is InChI=1S/C32H38N2O3/c1-32(22-33-31(35)25-13-7-4-8-14-25)23-34(20-24-11-5-3-6-12-24)21-28(32)26-17-18-29(36-2)30(19-26)37-27-15-9-10-16-27/h3-8,11-14,17-19,27-28H,9-10,15-16,20-23H2,1-2H3,(H,33,35)/t28-,32+/m0/s1. The maximum atomic E-state index is 12.9. The molecule has 0 unspecified atom stereocenters. The molecule has 0 aromatic heterocycles. The number of amides is 1. The molecule has 1 aliphatic carbocycles. The Labute approximate surface area is 220 Å². The van der Waals surface area contributed by atoms with Gasteiger partial charge in [0.1, 0.15) is 0 Å². The molecule has 5 heteroatoms. The van der Waals surface area contributed by atoms with Gasteiger partial charge in [0.05, 0.1) is 13.2 Å². The summed E-state index contributed by atoms with van der Waals surface area (Å²) in [5.41, 5.74) is 3.09. The third kappa shape index (κ3) is 5.99. The van der Waals surface area contributed by atoms with Crippen molar-refractivity contribution in [1.82, 2.24) is 10.2 Å². The predicted molar refractivity (Wildman–Crippen MR) is 147 cm³/mol. The zero-order chi connectivity index (χ0) is 25.7. The van der Waals surface area contributed by atoms with Gasteiger partial charge in [-0.2, -0.15) is 0 Å². The monoisotopic (exact) mass is 498 g/mol. The van der Waals surface area contributed by atoms with Crippen LogP contribution in [0.25, 0.3) is 0 Å². The van der Waals surface area contributed by atoms with Crippen LogP contribution in [0.15, 0.2) is 78.9 Å². The van der Waals surface area contributed by atoms with Crippen molar-refractivity contribution in [2.24, 2.45) is 5.41 Å². The highest BCUT2D eigenvalue weighted by Gasteiger charge is 2.44. The first kappa shape index (κ1) is 25.3. The second-order valence-electron chi connectivity index (χ2n) is 10.8. The molecule has 2 fully saturated rings. The van der Waals surface area contributed by atoms with Crippen molar-refractivity contribution in [2.75, 3.05) is 26.7 Å². The molecule has 0 spiro atoms. The number of carbonyl (C=O) groups excluding carboxylic acids is 1. The van der Waals surface area contributed by atoms with Crippen LogP contribution in [0.2, 0.25) is 0 Å². The average molecular weight is 499 g/mol. The van der Waals surface area contributed by atoms with Gasteiger partial charge in [-0.1, -0.05) is 61.5 Å². The minimum absolute atomic E-state index is 0.0259. The molecule has 1 saturated heterocycles. The molecule has 1 aliphatic heterocycles. The highest BCUT2D eigenvalue weighted by atomic mass is 16.5. The molecule has 5 rings (SSSR count). The number of nitrogens with zero attached hydrogens (tertiary/aromatic N) is 1. The van der Waals surface area contributed by atoms with Gasteiger partial charge in [-0.3, -0.25) is 9.69 Å². The minimum Gasteiger partial charge on any atom is -0.493 e. The molecule has 5 nitrogen and oxygen atoms in total. The van der Waals surface area contributed by atoms with Gasteiger partial charge in [-0.05, 0) is 61.1 Å². The van der Waals surface area contributed by atoms with Crippen LogP contribution in [-0.2, 0) is 6.54 Å². The van der Waals surface area contributed by atoms with Gasteiger partial charge in [-0.25, -0.2) is 0 Å². The molecular weight excluding hydrogens is 460 g/mol. The van der Waals surface area contributed by atoms with Crippen molar-refractivity contribution in [1.29, 1.82) is 0 Å². The highest BCUT2D eigenvalue weighted by molar-refractivity contribution is 5.94. The number of likely N-dealkylation sites (tertiary alicyclic amines) is 1. The summed E-state index contributed by atoms with van der Waals surface area (Å²) in [5, 5.41) is 3.24. The van der Waals surface area contributed by atoms with Crippen molar-refractivity contribution >= 4 is 5.91 Å². The lowest BCUT2D eigenvalue weighted by Gasteiger charge is -2.32. The Morgan fingerprint density at radius 2 is 1.68 bits per heavy atom. The van der Waals surface area contributed by atoms with Gasteiger partial charge in [-0.15, -0.1) is 0 Å². The van der Waals surface area contributed by atoms with E-state index < -0.39 is 0 Å². The van der Waals surface area contributed by atoms with Gasteiger partial charge in [0.2, 0.25) is 0 Å². The second kappa shape index (κ2) is 11.4. The van der Waals surface area contributed by atoms with Crippen LogP contribution in [0.4, 0.5) is 0 Å². The molecule has 1 N–H and O–H groups in total. The molecule has 1 heterocycles. The van der Waals surface area contributed by atoms with Gasteiger partial charge < -0.3 is 14.8 Å². The summed E-state index contributed by atoms with van der Waals surface area (Å²) in [7, 11) is 1.71. The third-order valence-electron chi connectivity index (χ3n) is 7.99. The van der Waals surface area contributed by atoms with Gasteiger partial charge in [0.15, 0.2) is 11.5 Å². The number of methoxy groups -OCH3 is 1. The Bertz CT molecular complexity index is 1180. The van der Waals surface area contributed by atoms with E-state index in [9.17, 15) is 4.79 Å². The smallest absolute Gasteiger partial charge is 0.251 e. The molecule has 2 aliphatic rings. The minimum atomic E-state index is -0.140. The fourth-order valence-corrected chi connectivity index (χ4v) is 5.97. The Kier molecular flexibility index (Phi) is 7.80. The maximum Gasteiger partial charge on any atom is 0.251 e. The van der Waals surface area contributed by atoms with Crippen molar-refractivity contribution in [3.05, 3.63) is 95.6 Å². The van der Waals surface area contributed by atoms with E-state index >= 15 is 0 Å². The van der Waals surface area contributed by atoms with Crippen LogP contribution in [-0.4, -0.2) is 43.7 Å². The second-order valence-corrected chi connectivity index (χ2v) is 10.8. The van der Waals surface area contributed by atoms with Gasteiger partial charge in [0, 0.05) is 43.1 Å². The largest absolute Gasteiger partial charge is 0.493 e. The number of hydrogen-bond acceptors (Lipinski definition) is 4. The van der Waals surface area contributed by atoms with E-state index in [1.54, 1.807) is 7.11 Å². The van der Waals surface area contributed by atoms with E-state index in [0.717, 1.165) is 44.0 Å². The quantitative estimate of drug-likeness (QED) is 0.390. The van der Waals surface area contributed by atoms with Crippen LogP contribution in [0, 0.1) is 5.41 Å². The number of nitrogens with one attached hydrogen (secondary N) is 1. The van der Waals surface area contributed by atoms with Gasteiger partial charge >= 0.3 is 0 Å². The van der Waals surface area contributed by atoms with E-state index in [4.69, 9.17) is 9.47 Å². The molecule has 0 radical (unpaired) electrons. The number of hydrogen-bond donors (Lipinski definition) is 1. The Morgan fingerprint density at radius 3 is 2.38 bits per heavy atom. The molecule has 1 saturated carbocycles. The number of rotatable bonds is 9. The van der Waals surface area contributed by atoms with Crippen molar-refractivity contribution in [2.45, 2.75) is 51.2 Å². The first-order valence-corrected chi connectivity index (χ1v) is 13.5. The van der Waals surface area contributed by atoms with Crippen LogP contribution in [0.3, 0.4) is 0 Å². The molecule has 194 valence electrons. The number of benzene rings is 3. The van der Waals surface area contributed by atoms with Crippen molar-refractivity contribution < 1.29 is 14.3 Å². The lowest BCUT2D eigenvalue weighted by atomic mass is 9.76. The summed E-state index contributed by atoms with van der Waals surface area (Å²) in [6.45, 7) is 5.60. The summed E-state index contributed by atoms with van der Waals surface area (Å²) >= 11 is 0. The lowest BCUT2D eigenvalue weighted by Crippen LogP contribution is -2.40. The molecule has 37 heavy (non-hydrogen) atoms. The summed E-state index contributed by atoms with van der Waals surface area (Å²) in [6, 6.07) is 26.5. The van der Waals surface area contributed by atoms with Crippen LogP contribution in [0.1, 0.15) is 60.0 Å². The summed E-state index contributed by atoms with van der Waals surface area (Å²) in [4.78, 5) is 15.4. The molecule has 3 aromatic carbocycles. The molecule has 0 bridgehead atoms.